The zero-order valence-electron chi connectivity index (χ0n) is 8.82. The fraction of sp³-hybridized carbons (Fsp3) is 0.200. The molecule has 1 rings (SSSR count). The maximum Gasteiger partial charge on any atom is 0.412 e. The van der Waals surface area contributed by atoms with Gasteiger partial charge in [0, 0.05) is 12.2 Å². The van der Waals surface area contributed by atoms with E-state index in [0.29, 0.717) is 18.0 Å². The molecule has 1 aromatic carbocycles. The van der Waals surface area contributed by atoms with Crippen molar-refractivity contribution in [1.29, 1.82) is 0 Å². The third kappa shape index (κ3) is 3.87. The van der Waals surface area contributed by atoms with Crippen LogP contribution in [0, 0.1) is 0 Å². The van der Waals surface area contributed by atoms with E-state index in [9.17, 15) is 9.59 Å². The standard InChI is InChI=1S/C10H13N3O3/c1-2-12-10(15)16-8-5-3-7(4-6-8)13-9(11)14/h3-6H,2H2,1H3,(H,12,15)(H3,11,13,14). The van der Waals surface area contributed by atoms with Gasteiger partial charge in [0.25, 0.3) is 0 Å². The lowest BCUT2D eigenvalue weighted by Gasteiger charge is -2.05. The zero-order chi connectivity index (χ0) is 12.0. The van der Waals surface area contributed by atoms with Gasteiger partial charge in [-0.3, -0.25) is 0 Å². The van der Waals surface area contributed by atoms with E-state index < -0.39 is 12.1 Å². The molecule has 6 nitrogen and oxygen atoms in total. The number of rotatable bonds is 3. The third-order valence-corrected chi connectivity index (χ3v) is 1.65. The smallest absolute Gasteiger partial charge is 0.410 e. The summed E-state index contributed by atoms with van der Waals surface area (Å²) in [6.45, 7) is 2.29. The highest BCUT2D eigenvalue weighted by atomic mass is 16.5. The molecule has 0 atom stereocenters. The number of nitrogens with two attached hydrogens (primary N) is 1. The Morgan fingerprint density at radius 1 is 1.31 bits per heavy atom. The van der Waals surface area contributed by atoms with Gasteiger partial charge in [-0.05, 0) is 31.2 Å². The second kappa shape index (κ2) is 5.59. The molecule has 0 radical (unpaired) electrons. The molecule has 0 heterocycles. The van der Waals surface area contributed by atoms with Crippen LogP contribution in [-0.4, -0.2) is 18.7 Å². The number of hydrogen-bond acceptors (Lipinski definition) is 3. The molecule has 0 saturated carbocycles. The zero-order valence-corrected chi connectivity index (χ0v) is 8.82. The number of hydrogen-bond donors (Lipinski definition) is 3. The van der Waals surface area contributed by atoms with Gasteiger partial charge >= 0.3 is 12.1 Å². The Hall–Kier alpha value is -2.24. The predicted octanol–water partition coefficient (Wildman–Crippen LogP) is 1.29. The molecule has 6 heteroatoms. The summed E-state index contributed by atoms with van der Waals surface area (Å²) in [5, 5.41) is 4.88. The molecule has 0 spiro atoms. The van der Waals surface area contributed by atoms with Crippen LogP contribution < -0.4 is 21.1 Å². The molecule has 0 aliphatic heterocycles. The number of nitrogens with one attached hydrogen (secondary N) is 2. The van der Waals surface area contributed by atoms with E-state index in [0.717, 1.165) is 0 Å². The lowest BCUT2D eigenvalue weighted by Crippen LogP contribution is -2.26. The normalized spacial score (nSPS) is 9.31. The van der Waals surface area contributed by atoms with Crippen molar-refractivity contribution in [3.8, 4) is 5.75 Å². The van der Waals surface area contributed by atoms with Gasteiger partial charge in [0.2, 0.25) is 0 Å². The summed E-state index contributed by atoms with van der Waals surface area (Å²) in [6, 6.07) is 5.64. The van der Waals surface area contributed by atoms with Crippen LogP contribution in [-0.2, 0) is 0 Å². The van der Waals surface area contributed by atoms with Crippen molar-refractivity contribution >= 4 is 17.8 Å². The first kappa shape index (κ1) is 11.8. The molecule has 0 aliphatic carbocycles. The highest BCUT2D eigenvalue weighted by molar-refractivity contribution is 5.87. The van der Waals surface area contributed by atoms with Gasteiger partial charge in [-0.1, -0.05) is 0 Å². The number of urea groups is 1. The number of amides is 3. The monoisotopic (exact) mass is 223 g/mol. The predicted molar refractivity (Wildman–Crippen MR) is 59.3 cm³/mol. The van der Waals surface area contributed by atoms with Gasteiger partial charge in [0.15, 0.2) is 0 Å². The largest absolute Gasteiger partial charge is 0.412 e. The minimum Gasteiger partial charge on any atom is -0.410 e. The van der Waals surface area contributed by atoms with Crippen LogP contribution in [0.2, 0.25) is 0 Å². The second-order valence-corrected chi connectivity index (χ2v) is 2.93. The average Bonchev–Trinajstić information content (AvgIpc) is 2.20. The summed E-state index contributed by atoms with van der Waals surface area (Å²) in [4.78, 5) is 21.6. The molecule has 3 amide bonds. The Balaban J connectivity index is 2.57. The number of ether oxygens (including phenoxy) is 1. The summed E-state index contributed by atoms with van der Waals surface area (Å²) in [7, 11) is 0. The van der Waals surface area contributed by atoms with Gasteiger partial charge < -0.3 is 21.1 Å². The minimum absolute atomic E-state index is 0.390. The Labute approximate surface area is 92.8 Å². The summed E-state index contributed by atoms with van der Waals surface area (Å²) in [5.74, 6) is 0.390. The minimum atomic E-state index is -0.641. The number of benzene rings is 1. The van der Waals surface area contributed by atoms with Gasteiger partial charge in [-0.2, -0.15) is 0 Å². The fourth-order valence-electron chi connectivity index (χ4n) is 1.04. The average molecular weight is 223 g/mol. The first-order valence-electron chi connectivity index (χ1n) is 4.74. The summed E-state index contributed by atoms with van der Waals surface area (Å²) in [5.41, 5.74) is 5.48. The molecule has 0 unspecified atom stereocenters. The van der Waals surface area contributed by atoms with Crippen molar-refractivity contribution in [1.82, 2.24) is 5.32 Å². The van der Waals surface area contributed by atoms with Crippen molar-refractivity contribution in [2.75, 3.05) is 11.9 Å². The molecule has 16 heavy (non-hydrogen) atoms. The van der Waals surface area contributed by atoms with E-state index in [1.54, 1.807) is 31.2 Å². The molecule has 0 aromatic heterocycles. The van der Waals surface area contributed by atoms with E-state index in [1.165, 1.54) is 0 Å². The van der Waals surface area contributed by atoms with Crippen LogP contribution in [0.15, 0.2) is 24.3 Å². The van der Waals surface area contributed by atoms with E-state index >= 15 is 0 Å². The number of primary amides is 1. The maximum atomic E-state index is 11.1. The molecule has 0 fully saturated rings. The maximum absolute atomic E-state index is 11.1. The lowest BCUT2D eigenvalue weighted by atomic mass is 10.3. The van der Waals surface area contributed by atoms with Crippen LogP contribution in [0.5, 0.6) is 5.75 Å². The summed E-state index contributed by atoms with van der Waals surface area (Å²) < 4.78 is 4.92. The summed E-state index contributed by atoms with van der Waals surface area (Å²) >= 11 is 0. The first-order valence-corrected chi connectivity index (χ1v) is 4.74. The van der Waals surface area contributed by atoms with Crippen molar-refractivity contribution in [2.24, 2.45) is 5.73 Å². The molecule has 0 aliphatic rings. The third-order valence-electron chi connectivity index (χ3n) is 1.65. The Kier molecular flexibility index (Phi) is 4.14. The Morgan fingerprint density at radius 2 is 1.94 bits per heavy atom. The van der Waals surface area contributed by atoms with Gasteiger partial charge in [0.05, 0.1) is 0 Å². The van der Waals surface area contributed by atoms with Crippen molar-refractivity contribution < 1.29 is 14.3 Å². The van der Waals surface area contributed by atoms with E-state index in [2.05, 4.69) is 10.6 Å². The molecule has 1 aromatic rings. The lowest BCUT2D eigenvalue weighted by molar-refractivity contribution is 0.201. The SMILES string of the molecule is CCNC(=O)Oc1ccc(NC(N)=O)cc1. The molecule has 4 N–H and O–H groups in total. The highest BCUT2D eigenvalue weighted by Crippen LogP contribution is 2.15. The first-order chi connectivity index (χ1) is 7.61. The fourth-order valence-corrected chi connectivity index (χ4v) is 1.04. The van der Waals surface area contributed by atoms with Crippen LogP contribution in [0.4, 0.5) is 15.3 Å². The number of carbonyl (C=O) groups excluding carboxylic acids is 2. The molecule has 86 valence electrons. The topological polar surface area (TPSA) is 93.4 Å². The van der Waals surface area contributed by atoms with Crippen LogP contribution in [0.3, 0.4) is 0 Å². The molecular formula is C10H13N3O3. The summed E-state index contributed by atoms with van der Waals surface area (Å²) in [6.07, 6.45) is -0.516. The second-order valence-electron chi connectivity index (χ2n) is 2.93. The highest BCUT2D eigenvalue weighted by Gasteiger charge is 2.02. The van der Waals surface area contributed by atoms with Crippen molar-refractivity contribution in [3.05, 3.63) is 24.3 Å². The quantitative estimate of drug-likeness (QED) is 0.720. The Morgan fingerprint density at radius 3 is 2.44 bits per heavy atom. The molecule has 0 bridgehead atoms. The number of anilines is 1. The van der Waals surface area contributed by atoms with Gasteiger partial charge in [0.1, 0.15) is 5.75 Å². The van der Waals surface area contributed by atoms with Crippen molar-refractivity contribution in [3.63, 3.8) is 0 Å². The van der Waals surface area contributed by atoms with Crippen molar-refractivity contribution in [2.45, 2.75) is 6.92 Å². The molecular weight excluding hydrogens is 210 g/mol. The van der Waals surface area contributed by atoms with E-state index in [1.807, 2.05) is 0 Å². The van der Waals surface area contributed by atoms with Crippen LogP contribution >= 0.6 is 0 Å². The van der Waals surface area contributed by atoms with E-state index in [4.69, 9.17) is 10.5 Å². The van der Waals surface area contributed by atoms with Crippen LogP contribution in [0.25, 0.3) is 0 Å². The van der Waals surface area contributed by atoms with Gasteiger partial charge in [-0.15, -0.1) is 0 Å². The Bertz CT molecular complexity index is 375. The van der Waals surface area contributed by atoms with E-state index in [-0.39, 0.29) is 0 Å². The van der Waals surface area contributed by atoms with Crippen LogP contribution in [0.1, 0.15) is 6.92 Å². The molecule has 0 saturated heterocycles. The number of carbonyl (C=O) groups is 2. The van der Waals surface area contributed by atoms with Gasteiger partial charge in [-0.25, -0.2) is 9.59 Å².